The van der Waals surface area contributed by atoms with Gasteiger partial charge in [-0.25, -0.2) is 8.78 Å². The van der Waals surface area contributed by atoms with Crippen LogP contribution in [-0.4, -0.2) is 56.8 Å². The highest BCUT2D eigenvalue weighted by Crippen LogP contribution is 2.11. The summed E-state index contributed by atoms with van der Waals surface area (Å²) < 4.78 is 28.5. The van der Waals surface area contributed by atoms with Gasteiger partial charge in [0.2, 0.25) is 0 Å². The third kappa shape index (κ3) is 7.24. The van der Waals surface area contributed by atoms with Crippen LogP contribution in [0.15, 0.2) is 0 Å². The zero-order valence-corrected chi connectivity index (χ0v) is 11.3. The molecule has 0 aliphatic carbocycles. The zero-order valence-electron chi connectivity index (χ0n) is 11.3. The second-order valence-electron chi connectivity index (χ2n) is 4.89. The summed E-state index contributed by atoms with van der Waals surface area (Å²) in [5.74, 6) is 0. The monoisotopic (exact) mass is 264 g/mol. The molecule has 0 radical (unpaired) electrons. The Labute approximate surface area is 109 Å². The Balaban J connectivity index is 2.04. The molecule has 1 N–H and O–H groups in total. The number of hydrogen-bond donors (Lipinski definition) is 1. The Morgan fingerprint density at radius 1 is 1.33 bits per heavy atom. The zero-order chi connectivity index (χ0) is 13.2. The fourth-order valence-electron chi connectivity index (χ4n) is 2.41. The standard InChI is InChI=1S/C13H26F2N2O/c1-2-7-17-8-3-4-12(5-9-17)16-6-10-18-11-13(14)15/h12-13,16H,2-11H2,1H3. The lowest BCUT2D eigenvalue weighted by Gasteiger charge is -2.19. The lowest BCUT2D eigenvalue weighted by Crippen LogP contribution is -2.33. The van der Waals surface area contributed by atoms with Crippen molar-refractivity contribution in [2.45, 2.75) is 45.1 Å². The van der Waals surface area contributed by atoms with Gasteiger partial charge in [-0.2, -0.15) is 0 Å². The highest BCUT2D eigenvalue weighted by molar-refractivity contribution is 4.74. The molecule has 1 aliphatic rings. The van der Waals surface area contributed by atoms with E-state index in [1.807, 2.05) is 0 Å². The molecule has 1 rings (SSSR count). The topological polar surface area (TPSA) is 24.5 Å². The molecule has 0 aromatic carbocycles. The van der Waals surface area contributed by atoms with Crippen LogP contribution in [0.25, 0.3) is 0 Å². The molecule has 1 heterocycles. The van der Waals surface area contributed by atoms with Crippen molar-refractivity contribution in [1.29, 1.82) is 0 Å². The lowest BCUT2D eigenvalue weighted by molar-refractivity contribution is 0.0181. The largest absolute Gasteiger partial charge is 0.374 e. The second-order valence-corrected chi connectivity index (χ2v) is 4.89. The molecule has 0 saturated carbocycles. The van der Waals surface area contributed by atoms with Gasteiger partial charge in [0, 0.05) is 12.6 Å². The molecule has 0 aromatic heterocycles. The molecule has 1 saturated heterocycles. The molecule has 0 aromatic rings. The molecular weight excluding hydrogens is 238 g/mol. The van der Waals surface area contributed by atoms with Crippen molar-refractivity contribution in [2.75, 3.05) is 39.4 Å². The maximum Gasteiger partial charge on any atom is 0.261 e. The van der Waals surface area contributed by atoms with Crippen LogP contribution in [-0.2, 0) is 4.74 Å². The molecule has 0 amide bonds. The first-order valence-corrected chi connectivity index (χ1v) is 7.04. The van der Waals surface area contributed by atoms with E-state index in [1.54, 1.807) is 0 Å². The predicted octanol–water partition coefficient (Wildman–Crippen LogP) is 2.12. The van der Waals surface area contributed by atoms with E-state index < -0.39 is 13.0 Å². The molecule has 1 unspecified atom stereocenters. The molecular formula is C13H26F2N2O. The van der Waals surface area contributed by atoms with Crippen molar-refractivity contribution in [3.63, 3.8) is 0 Å². The van der Waals surface area contributed by atoms with E-state index in [-0.39, 0.29) is 0 Å². The number of halogens is 2. The van der Waals surface area contributed by atoms with E-state index in [0.717, 1.165) is 13.0 Å². The molecule has 108 valence electrons. The van der Waals surface area contributed by atoms with Crippen LogP contribution < -0.4 is 5.32 Å². The minimum Gasteiger partial charge on any atom is -0.374 e. The first-order valence-electron chi connectivity index (χ1n) is 7.04. The van der Waals surface area contributed by atoms with Crippen molar-refractivity contribution < 1.29 is 13.5 Å². The molecule has 1 atom stereocenters. The number of rotatable bonds is 8. The third-order valence-electron chi connectivity index (χ3n) is 3.28. The molecule has 1 aliphatic heterocycles. The van der Waals surface area contributed by atoms with Gasteiger partial charge in [-0.3, -0.25) is 0 Å². The van der Waals surface area contributed by atoms with Gasteiger partial charge in [0.15, 0.2) is 0 Å². The van der Waals surface area contributed by atoms with E-state index in [0.29, 0.717) is 19.2 Å². The minimum atomic E-state index is -2.36. The maximum absolute atomic E-state index is 11.8. The Morgan fingerprint density at radius 2 is 2.17 bits per heavy atom. The average molecular weight is 264 g/mol. The van der Waals surface area contributed by atoms with Gasteiger partial charge < -0.3 is 15.0 Å². The van der Waals surface area contributed by atoms with Gasteiger partial charge in [0.25, 0.3) is 6.43 Å². The first kappa shape index (κ1) is 15.8. The molecule has 18 heavy (non-hydrogen) atoms. The Bertz CT molecular complexity index is 205. The normalized spacial score (nSPS) is 22.3. The Morgan fingerprint density at radius 3 is 2.89 bits per heavy atom. The second kappa shape index (κ2) is 9.64. The number of ether oxygens (including phenoxy) is 1. The molecule has 5 heteroatoms. The summed E-state index contributed by atoms with van der Waals surface area (Å²) in [6.45, 7) is 6.32. The Hall–Kier alpha value is -0.260. The fraction of sp³-hybridized carbons (Fsp3) is 1.00. The molecule has 1 fully saturated rings. The summed E-state index contributed by atoms with van der Waals surface area (Å²) >= 11 is 0. The smallest absolute Gasteiger partial charge is 0.261 e. The fourth-order valence-corrected chi connectivity index (χ4v) is 2.41. The minimum absolute atomic E-state index is 0.375. The third-order valence-corrected chi connectivity index (χ3v) is 3.28. The van der Waals surface area contributed by atoms with Crippen molar-refractivity contribution in [3.8, 4) is 0 Å². The van der Waals surface area contributed by atoms with Gasteiger partial charge in [0.05, 0.1) is 6.61 Å². The predicted molar refractivity (Wildman–Crippen MR) is 69.2 cm³/mol. The summed E-state index contributed by atoms with van der Waals surface area (Å²) in [7, 11) is 0. The van der Waals surface area contributed by atoms with Crippen LogP contribution in [0.5, 0.6) is 0 Å². The van der Waals surface area contributed by atoms with E-state index in [4.69, 9.17) is 4.74 Å². The Kier molecular flexibility index (Phi) is 8.46. The highest BCUT2D eigenvalue weighted by Gasteiger charge is 2.15. The van der Waals surface area contributed by atoms with Crippen LogP contribution in [0, 0.1) is 0 Å². The number of hydrogen-bond acceptors (Lipinski definition) is 3. The SMILES string of the molecule is CCCN1CCCC(NCCOCC(F)F)CC1. The van der Waals surface area contributed by atoms with Crippen LogP contribution in [0.3, 0.4) is 0 Å². The number of nitrogens with zero attached hydrogens (tertiary/aromatic N) is 1. The lowest BCUT2D eigenvalue weighted by atomic mass is 10.1. The van der Waals surface area contributed by atoms with Gasteiger partial charge in [-0.1, -0.05) is 6.92 Å². The first-order chi connectivity index (χ1) is 8.72. The van der Waals surface area contributed by atoms with Gasteiger partial charge >= 0.3 is 0 Å². The van der Waals surface area contributed by atoms with Crippen molar-refractivity contribution in [2.24, 2.45) is 0 Å². The number of likely N-dealkylation sites (tertiary alicyclic amines) is 1. The van der Waals surface area contributed by atoms with E-state index >= 15 is 0 Å². The number of nitrogens with one attached hydrogen (secondary N) is 1. The average Bonchev–Trinajstić information content (AvgIpc) is 2.55. The van der Waals surface area contributed by atoms with Gasteiger partial charge in [0.1, 0.15) is 6.61 Å². The summed E-state index contributed by atoms with van der Waals surface area (Å²) in [5, 5.41) is 3.40. The molecule has 0 bridgehead atoms. The number of alkyl halides is 2. The summed E-state index contributed by atoms with van der Waals surface area (Å²) in [6, 6.07) is 0.516. The molecule has 0 spiro atoms. The van der Waals surface area contributed by atoms with E-state index in [2.05, 4.69) is 17.1 Å². The van der Waals surface area contributed by atoms with Crippen LogP contribution >= 0.6 is 0 Å². The van der Waals surface area contributed by atoms with Crippen LogP contribution in [0.4, 0.5) is 8.78 Å². The highest BCUT2D eigenvalue weighted by atomic mass is 19.3. The van der Waals surface area contributed by atoms with Crippen molar-refractivity contribution >= 4 is 0 Å². The summed E-state index contributed by atoms with van der Waals surface area (Å²) in [6.07, 6.45) is 2.39. The van der Waals surface area contributed by atoms with Gasteiger partial charge in [-0.15, -0.1) is 0 Å². The van der Waals surface area contributed by atoms with E-state index in [9.17, 15) is 8.78 Å². The summed E-state index contributed by atoms with van der Waals surface area (Å²) in [4.78, 5) is 2.51. The van der Waals surface area contributed by atoms with E-state index in [1.165, 1.54) is 32.4 Å². The van der Waals surface area contributed by atoms with Crippen LogP contribution in [0.1, 0.15) is 32.6 Å². The summed E-state index contributed by atoms with van der Waals surface area (Å²) in [5.41, 5.74) is 0. The van der Waals surface area contributed by atoms with Gasteiger partial charge in [-0.05, 0) is 45.3 Å². The molecule has 3 nitrogen and oxygen atoms in total. The maximum atomic E-state index is 11.8. The van der Waals surface area contributed by atoms with Crippen molar-refractivity contribution in [1.82, 2.24) is 10.2 Å². The quantitative estimate of drug-likeness (QED) is 0.680. The van der Waals surface area contributed by atoms with Crippen molar-refractivity contribution in [3.05, 3.63) is 0 Å². The van der Waals surface area contributed by atoms with Crippen LogP contribution in [0.2, 0.25) is 0 Å².